The van der Waals surface area contributed by atoms with Crippen LogP contribution in [0.3, 0.4) is 0 Å². The largest absolute Gasteiger partial charge is 0.497 e. The van der Waals surface area contributed by atoms with Gasteiger partial charge in [-0.05, 0) is 29.5 Å². The maximum Gasteiger partial charge on any atom is 0.242 e. The zero-order valence-corrected chi connectivity index (χ0v) is 19.3. The SMILES string of the molecule is COc1cccc(CN(C(=O)CC(C)(C)C)C2CC(C(=O)NCCN)N(C(C)=O)C2)c1. The van der Waals surface area contributed by atoms with Gasteiger partial charge in [-0.2, -0.15) is 0 Å². The number of nitrogens with one attached hydrogen (secondary N) is 1. The van der Waals surface area contributed by atoms with E-state index in [0.29, 0.717) is 39.0 Å². The molecule has 1 aliphatic rings. The van der Waals surface area contributed by atoms with Crippen LogP contribution in [0.15, 0.2) is 24.3 Å². The number of nitrogens with two attached hydrogens (primary N) is 1. The number of hydrogen-bond acceptors (Lipinski definition) is 5. The summed E-state index contributed by atoms with van der Waals surface area (Å²) in [6.07, 6.45) is 0.771. The number of rotatable bonds is 8. The Bertz CT molecular complexity index is 790. The van der Waals surface area contributed by atoms with E-state index in [0.717, 1.165) is 11.3 Å². The highest BCUT2D eigenvalue weighted by atomic mass is 16.5. The van der Waals surface area contributed by atoms with Gasteiger partial charge in [0.15, 0.2) is 0 Å². The van der Waals surface area contributed by atoms with Crippen molar-refractivity contribution in [2.24, 2.45) is 11.1 Å². The zero-order chi connectivity index (χ0) is 23.2. The topological polar surface area (TPSA) is 105 Å². The van der Waals surface area contributed by atoms with E-state index < -0.39 is 6.04 Å². The average Bonchev–Trinajstić information content (AvgIpc) is 3.14. The lowest BCUT2D eigenvalue weighted by molar-refractivity contribution is -0.137. The quantitative estimate of drug-likeness (QED) is 0.648. The number of likely N-dealkylation sites (tertiary alicyclic amines) is 1. The van der Waals surface area contributed by atoms with Crippen molar-refractivity contribution in [3.05, 3.63) is 29.8 Å². The second-order valence-electron chi connectivity index (χ2n) is 9.27. The molecule has 1 saturated heterocycles. The molecule has 1 aromatic rings. The Hall–Kier alpha value is -2.61. The van der Waals surface area contributed by atoms with Crippen molar-refractivity contribution in [1.82, 2.24) is 15.1 Å². The van der Waals surface area contributed by atoms with E-state index in [1.165, 1.54) is 6.92 Å². The van der Waals surface area contributed by atoms with Crippen LogP contribution in [0.4, 0.5) is 0 Å². The minimum Gasteiger partial charge on any atom is -0.497 e. The number of ether oxygens (including phenoxy) is 1. The van der Waals surface area contributed by atoms with Crippen molar-refractivity contribution in [1.29, 1.82) is 0 Å². The molecule has 0 bridgehead atoms. The average molecular weight is 433 g/mol. The first-order valence-electron chi connectivity index (χ1n) is 10.7. The Balaban J connectivity index is 2.30. The minimum atomic E-state index is -0.607. The monoisotopic (exact) mass is 432 g/mol. The summed E-state index contributed by atoms with van der Waals surface area (Å²) in [6, 6.07) is 6.74. The van der Waals surface area contributed by atoms with Crippen LogP contribution in [0, 0.1) is 5.41 Å². The summed E-state index contributed by atoms with van der Waals surface area (Å²) in [5, 5.41) is 2.77. The summed E-state index contributed by atoms with van der Waals surface area (Å²) >= 11 is 0. The van der Waals surface area contributed by atoms with Crippen molar-refractivity contribution in [3.8, 4) is 5.75 Å². The molecule has 31 heavy (non-hydrogen) atoms. The molecule has 3 N–H and O–H groups in total. The molecule has 0 saturated carbocycles. The highest BCUT2D eigenvalue weighted by Crippen LogP contribution is 2.28. The van der Waals surface area contributed by atoms with Crippen LogP contribution in [0.2, 0.25) is 0 Å². The van der Waals surface area contributed by atoms with Gasteiger partial charge >= 0.3 is 0 Å². The highest BCUT2D eigenvalue weighted by molar-refractivity contribution is 5.88. The van der Waals surface area contributed by atoms with Gasteiger partial charge in [0, 0.05) is 39.5 Å². The molecular formula is C23H36N4O4. The standard InChI is InChI=1S/C23H36N4O4/c1-16(28)26-15-18(12-20(26)22(30)25-10-9-24)27(21(29)13-23(2,3)4)14-17-7-6-8-19(11-17)31-5/h6-8,11,18,20H,9-10,12-15,24H2,1-5H3,(H,25,30). The Morgan fingerprint density at radius 3 is 2.58 bits per heavy atom. The number of amides is 3. The Morgan fingerprint density at radius 2 is 2.00 bits per heavy atom. The van der Waals surface area contributed by atoms with Crippen molar-refractivity contribution in [2.75, 3.05) is 26.7 Å². The normalized spacial score (nSPS) is 18.6. The van der Waals surface area contributed by atoms with Gasteiger partial charge in [0.1, 0.15) is 11.8 Å². The van der Waals surface area contributed by atoms with Crippen molar-refractivity contribution >= 4 is 17.7 Å². The molecule has 2 atom stereocenters. The van der Waals surface area contributed by atoms with Gasteiger partial charge in [0.2, 0.25) is 17.7 Å². The summed E-state index contributed by atoms with van der Waals surface area (Å²) in [4.78, 5) is 41.6. The van der Waals surface area contributed by atoms with Gasteiger partial charge in [0.25, 0.3) is 0 Å². The number of nitrogens with zero attached hydrogens (tertiary/aromatic N) is 2. The zero-order valence-electron chi connectivity index (χ0n) is 19.3. The molecule has 8 heteroatoms. The van der Waals surface area contributed by atoms with Crippen LogP contribution in [0.5, 0.6) is 5.75 Å². The van der Waals surface area contributed by atoms with Gasteiger partial charge in [-0.3, -0.25) is 14.4 Å². The first-order valence-corrected chi connectivity index (χ1v) is 10.7. The Morgan fingerprint density at radius 1 is 1.29 bits per heavy atom. The van der Waals surface area contributed by atoms with Crippen LogP contribution < -0.4 is 15.8 Å². The van der Waals surface area contributed by atoms with Crippen LogP contribution in [0.1, 0.15) is 46.1 Å². The lowest BCUT2D eigenvalue weighted by Crippen LogP contribution is -2.46. The van der Waals surface area contributed by atoms with Crippen molar-refractivity contribution in [3.63, 3.8) is 0 Å². The Labute approximate surface area is 185 Å². The molecule has 1 aromatic carbocycles. The number of methoxy groups -OCH3 is 1. The molecule has 0 spiro atoms. The first kappa shape index (κ1) is 24.7. The lowest BCUT2D eigenvalue weighted by atomic mass is 9.91. The molecule has 0 aliphatic carbocycles. The summed E-state index contributed by atoms with van der Waals surface area (Å²) in [5.41, 5.74) is 6.25. The number of carbonyl (C=O) groups is 3. The fourth-order valence-corrected chi connectivity index (χ4v) is 3.89. The molecule has 8 nitrogen and oxygen atoms in total. The summed E-state index contributed by atoms with van der Waals surface area (Å²) in [7, 11) is 1.61. The number of benzene rings is 1. The van der Waals surface area contributed by atoms with Crippen LogP contribution in [0.25, 0.3) is 0 Å². The van der Waals surface area contributed by atoms with E-state index in [1.807, 2.05) is 49.9 Å². The maximum atomic E-state index is 13.3. The predicted molar refractivity (Wildman–Crippen MR) is 119 cm³/mol. The van der Waals surface area contributed by atoms with E-state index in [1.54, 1.807) is 12.0 Å². The molecule has 3 amide bonds. The summed E-state index contributed by atoms with van der Waals surface area (Å²) < 4.78 is 5.32. The lowest BCUT2D eigenvalue weighted by Gasteiger charge is -2.32. The smallest absolute Gasteiger partial charge is 0.242 e. The van der Waals surface area contributed by atoms with Gasteiger partial charge in [0.05, 0.1) is 13.2 Å². The van der Waals surface area contributed by atoms with Crippen LogP contribution >= 0.6 is 0 Å². The van der Waals surface area contributed by atoms with E-state index in [-0.39, 0.29) is 29.2 Å². The number of hydrogen-bond donors (Lipinski definition) is 2. The second-order valence-corrected chi connectivity index (χ2v) is 9.27. The fourth-order valence-electron chi connectivity index (χ4n) is 3.89. The van der Waals surface area contributed by atoms with E-state index in [9.17, 15) is 14.4 Å². The van der Waals surface area contributed by atoms with Gasteiger partial charge in [-0.25, -0.2) is 0 Å². The third kappa shape index (κ3) is 6.95. The number of carbonyl (C=O) groups excluding carboxylic acids is 3. The third-order valence-corrected chi connectivity index (χ3v) is 5.36. The van der Waals surface area contributed by atoms with Crippen molar-refractivity contribution in [2.45, 2.75) is 59.2 Å². The first-order chi connectivity index (χ1) is 14.6. The fraction of sp³-hybridized carbons (Fsp3) is 0.609. The molecule has 1 heterocycles. The van der Waals surface area contributed by atoms with E-state index in [4.69, 9.17) is 10.5 Å². The Kier molecular flexibility index (Phi) is 8.44. The highest BCUT2D eigenvalue weighted by Gasteiger charge is 2.42. The predicted octanol–water partition coefficient (Wildman–Crippen LogP) is 1.52. The minimum absolute atomic E-state index is 0.00633. The molecule has 2 rings (SSSR count). The maximum absolute atomic E-state index is 13.3. The second kappa shape index (κ2) is 10.6. The third-order valence-electron chi connectivity index (χ3n) is 5.36. The molecular weight excluding hydrogens is 396 g/mol. The summed E-state index contributed by atoms with van der Waals surface area (Å²) in [5.74, 6) is 0.316. The molecule has 1 fully saturated rings. The van der Waals surface area contributed by atoms with Gasteiger partial charge < -0.3 is 25.6 Å². The van der Waals surface area contributed by atoms with Gasteiger partial charge in [-0.1, -0.05) is 32.9 Å². The van der Waals surface area contributed by atoms with E-state index in [2.05, 4.69) is 5.32 Å². The van der Waals surface area contributed by atoms with E-state index >= 15 is 0 Å². The molecule has 1 aliphatic heterocycles. The van der Waals surface area contributed by atoms with Crippen LogP contribution in [-0.4, -0.2) is 66.3 Å². The molecule has 2 unspecified atom stereocenters. The van der Waals surface area contributed by atoms with Crippen molar-refractivity contribution < 1.29 is 19.1 Å². The molecule has 172 valence electrons. The van der Waals surface area contributed by atoms with Crippen LogP contribution in [-0.2, 0) is 20.9 Å². The summed E-state index contributed by atoms with van der Waals surface area (Å²) in [6.45, 7) is 8.91. The molecule has 0 aromatic heterocycles. The molecule has 0 radical (unpaired) electrons. The van der Waals surface area contributed by atoms with Gasteiger partial charge in [-0.15, -0.1) is 0 Å².